The first-order valence-electron chi connectivity index (χ1n) is 7.61. The van der Waals surface area contributed by atoms with Crippen LogP contribution in [0.4, 0.5) is 5.69 Å². The van der Waals surface area contributed by atoms with Crippen molar-refractivity contribution in [3.05, 3.63) is 24.7 Å². The molecule has 1 atom stereocenters. The lowest BCUT2D eigenvalue weighted by molar-refractivity contribution is 0.135. The van der Waals surface area contributed by atoms with Gasteiger partial charge in [0, 0.05) is 12.7 Å². The van der Waals surface area contributed by atoms with E-state index in [0.29, 0.717) is 0 Å². The van der Waals surface area contributed by atoms with E-state index in [-0.39, 0.29) is 6.10 Å². The molecule has 0 bridgehead atoms. The number of allylic oxidation sites excluding steroid dienone is 1. The maximum atomic E-state index is 5.54. The van der Waals surface area contributed by atoms with Gasteiger partial charge in [0.15, 0.2) is 0 Å². The number of hydrogen-bond acceptors (Lipinski definition) is 4. The monoisotopic (exact) mass is 278 g/mol. The van der Waals surface area contributed by atoms with E-state index in [1.165, 1.54) is 0 Å². The minimum Gasteiger partial charge on any atom is -0.497 e. The third-order valence-electron chi connectivity index (χ3n) is 3.73. The van der Waals surface area contributed by atoms with Crippen LogP contribution >= 0.6 is 0 Å². The highest BCUT2D eigenvalue weighted by Crippen LogP contribution is 2.12. The number of ether oxygens (including phenoxy) is 1. The minimum atomic E-state index is 0.277. The average Bonchev–Trinajstić information content (AvgIpc) is 2.95. The molecule has 2 rings (SSSR count). The van der Waals surface area contributed by atoms with E-state index < -0.39 is 0 Å². The van der Waals surface area contributed by atoms with E-state index in [2.05, 4.69) is 41.4 Å². The van der Waals surface area contributed by atoms with Crippen LogP contribution in [0.15, 0.2) is 24.7 Å². The second-order valence-electron chi connectivity index (χ2n) is 5.11. The van der Waals surface area contributed by atoms with Gasteiger partial charge >= 0.3 is 0 Å². The summed E-state index contributed by atoms with van der Waals surface area (Å²) in [7, 11) is 0. The summed E-state index contributed by atoms with van der Waals surface area (Å²) < 4.78 is 7.54. The predicted octanol–water partition coefficient (Wildman–Crippen LogP) is 2.33. The van der Waals surface area contributed by atoms with Gasteiger partial charge in [0.05, 0.1) is 31.2 Å². The molecular formula is C15H26N4O. The maximum Gasteiger partial charge on any atom is 0.115 e. The maximum absolute atomic E-state index is 5.54. The van der Waals surface area contributed by atoms with Crippen molar-refractivity contribution in [3.63, 3.8) is 0 Å². The molecule has 1 aliphatic heterocycles. The molecule has 1 aliphatic rings. The van der Waals surface area contributed by atoms with Crippen LogP contribution < -0.4 is 5.32 Å². The largest absolute Gasteiger partial charge is 0.497 e. The molecule has 112 valence electrons. The van der Waals surface area contributed by atoms with Crippen LogP contribution in [-0.2, 0) is 11.3 Å². The predicted molar refractivity (Wildman–Crippen MR) is 81.8 cm³/mol. The number of nitrogens with one attached hydrogen (secondary N) is 1. The zero-order chi connectivity index (χ0) is 14.2. The van der Waals surface area contributed by atoms with Gasteiger partial charge in [0.2, 0.25) is 0 Å². The van der Waals surface area contributed by atoms with E-state index in [9.17, 15) is 0 Å². The fraction of sp³-hybridized carbons (Fsp3) is 0.667. The molecule has 0 saturated heterocycles. The summed E-state index contributed by atoms with van der Waals surface area (Å²) >= 11 is 0. The van der Waals surface area contributed by atoms with Crippen molar-refractivity contribution < 1.29 is 4.74 Å². The molecule has 1 aromatic heterocycles. The van der Waals surface area contributed by atoms with Gasteiger partial charge in [0.25, 0.3) is 0 Å². The van der Waals surface area contributed by atoms with E-state index in [1.807, 2.05) is 17.1 Å². The Bertz CT molecular complexity index is 412. The van der Waals surface area contributed by atoms with Crippen molar-refractivity contribution in [3.8, 4) is 0 Å². The van der Waals surface area contributed by atoms with Crippen LogP contribution in [0.1, 0.15) is 26.7 Å². The summed E-state index contributed by atoms with van der Waals surface area (Å²) in [6.45, 7) is 9.39. The van der Waals surface area contributed by atoms with Gasteiger partial charge in [0.1, 0.15) is 6.10 Å². The van der Waals surface area contributed by atoms with Gasteiger partial charge in [-0.1, -0.05) is 13.8 Å². The molecule has 0 aliphatic carbocycles. The smallest absolute Gasteiger partial charge is 0.115 e. The highest BCUT2D eigenvalue weighted by atomic mass is 16.5. The Kier molecular flexibility index (Phi) is 5.92. The third-order valence-corrected chi connectivity index (χ3v) is 3.73. The zero-order valence-electron chi connectivity index (χ0n) is 12.6. The van der Waals surface area contributed by atoms with Crippen molar-refractivity contribution in [1.82, 2.24) is 14.7 Å². The van der Waals surface area contributed by atoms with E-state index >= 15 is 0 Å². The Morgan fingerprint density at radius 1 is 1.45 bits per heavy atom. The second-order valence-corrected chi connectivity index (χ2v) is 5.11. The van der Waals surface area contributed by atoms with Crippen LogP contribution in [0, 0.1) is 0 Å². The lowest BCUT2D eigenvalue weighted by Gasteiger charge is -2.19. The van der Waals surface area contributed by atoms with Crippen molar-refractivity contribution in [1.29, 1.82) is 0 Å². The van der Waals surface area contributed by atoms with E-state index in [1.54, 1.807) is 0 Å². The van der Waals surface area contributed by atoms with Crippen LogP contribution in [0.3, 0.4) is 0 Å². The Morgan fingerprint density at radius 3 is 3.00 bits per heavy atom. The lowest BCUT2D eigenvalue weighted by atomic mass is 10.1. The molecule has 0 amide bonds. The first-order valence-corrected chi connectivity index (χ1v) is 7.61. The van der Waals surface area contributed by atoms with Crippen LogP contribution in [-0.4, -0.2) is 47.0 Å². The number of aromatic nitrogens is 2. The third kappa shape index (κ3) is 4.56. The van der Waals surface area contributed by atoms with Crippen LogP contribution in [0.2, 0.25) is 0 Å². The second kappa shape index (κ2) is 7.94. The normalized spacial score (nSPS) is 18.2. The Balaban J connectivity index is 1.72. The number of anilines is 1. The van der Waals surface area contributed by atoms with E-state index in [4.69, 9.17) is 4.74 Å². The van der Waals surface area contributed by atoms with Gasteiger partial charge in [-0.15, -0.1) is 0 Å². The highest BCUT2D eigenvalue weighted by Gasteiger charge is 2.10. The van der Waals surface area contributed by atoms with Gasteiger partial charge in [-0.05, 0) is 32.0 Å². The molecule has 0 fully saturated rings. The van der Waals surface area contributed by atoms with Crippen LogP contribution in [0.5, 0.6) is 0 Å². The fourth-order valence-electron chi connectivity index (χ4n) is 2.33. The van der Waals surface area contributed by atoms with Gasteiger partial charge in [-0.25, -0.2) is 0 Å². The summed E-state index contributed by atoms with van der Waals surface area (Å²) in [6.07, 6.45) is 10.3. The van der Waals surface area contributed by atoms with Gasteiger partial charge in [-0.2, -0.15) is 5.10 Å². The van der Waals surface area contributed by atoms with E-state index in [0.717, 1.165) is 51.3 Å². The summed E-state index contributed by atoms with van der Waals surface area (Å²) in [4.78, 5) is 2.40. The van der Waals surface area contributed by atoms with Crippen LogP contribution in [0.25, 0.3) is 0 Å². The SMILES string of the molecule is CCN(CC)CCn1cc(NCC2CCC=CO2)cn1. The Morgan fingerprint density at radius 2 is 2.30 bits per heavy atom. The highest BCUT2D eigenvalue weighted by molar-refractivity contribution is 5.38. The molecule has 0 aromatic carbocycles. The number of rotatable bonds is 8. The fourth-order valence-corrected chi connectivity index (χ4v) is 2.33. The van der Waals surface area contributed by atoms with Gasteiger partial charge in [-0.3, -0.25) is 4.68 Å². The molecular weight excluding hydrogens is 252 g/mol. The average molecular weight is 278 g/mol. The Hall–Kier alpha value is -1.49. The Labute approximate surface area is 121 Å². The molecule has 20 heavy (non-hydrogen) atoms. The summed E-state index contributed by atoms with van der Waals surface area (Å²) in [5.41, 5.74) is 1.07. The quantitative estimate of drug-likeness (QED) is 0.792. The minimum absolute atomic E-state index is 0.277. The lowest BCUT2D eigenvalue weighted by Crippen LogP contribution is -2.27. The first kappa shape index (κ1) is 14.9. The molecule has 0 saturated carbocycles. The number of likely N-dealkylation sites (N-methyl/N-ethyl adjacent to an activating group) is 1. The molecule has 1 N–H and O–H groups in total. The summed E-state index contributed by atoms with van der Waals surface area (Å²) in [6, 6.07) is 0. The molecule has 5 nitrogen and oxygen atoms in total. The first-order chi connectivity index (χ1) is 9.81. The number of nitrogens with zero attached hydrogens (tertiary/aromatic N) is 3. The molecule has 0 spiro atoms. The standard InChI is InChI=1S/C15H26N4O/c1-3-18(4-2)8-9-19-13-14(11-17-19)16-12-15-7-5-6-10-20-15/h6,10-11,13,15-16H,3-5,7-9,12H2,1-2H3. The number of hydrogen-bond donors (Lipinski definition) is 1. The summed E-state index contributed by atoms with van der Waals surface area (Å²) in [5, 5.41) is 7.79. The topological polar surface area (TPSA) is 42.3 Å². The van der Waals surface area contributed by atoms with Crippen molar-refractivity contribution in [2.45, 2.75) is 39.3 Å². The van der Waals surface area contributed by atoms with Gasteiger partial charge < -0.3 is 15.0 Å². The van der Waals surface area contributed by atoms with Crippen molar-refractivity contribution >= 4 is 5.69 Å². The molecule has 0 radical (unpaired) electrons. The molecule has 1 unspecified atom stereocenters. The van der Waals surface area contributed by atoms with Crippen molar-refractivity contribution in [2.75, 3.05) is 31.5 Å². The molecule has 1 aromatic rings. The van der Waals surface area contributed by atoms with Crippen molar-refractivity contribution in [2.24, 2.45) is 0 Å². The zero-order valence-corrected chi connectivity index (χ0v) is 12.6. The molecule has 2 heterocycles. The molecule has 5 heteroatoms. The summed E-state index contributed by atoms with van der Waals surface area (Å²) in [5.74, 6) is 0.